The maximum Gasteiger partial charge on any atom is 0.239 e. The maximum absolute atomic E-state index is 11.9. The molecule has 4 nitrogen and oxygen atoms in total. The third kappa shape index (κ3) is 5.30. The van der Waals surface area contributed by atoms with E-state index in [0.29, 0.717) is 12.5 Å². The Morgan fingerprint density at radius 1 is 1.08 bits per heavy atom. The molecule has 0 bridgehead atoms. The molecule has 2 aromatic carbocycles. The molecular formula is C20H26N2O2. The SMILES string of the molecule is COc1ccccc1CCNC(=O)CNc1ccc(C(C)C)cc1. The number of ether oxygens (including phenoxy) is 1. The van der Waals surface area contributed by atoms with E-state index in [4.69, 9.17) is 4.74 Å². The Kier molecular flexibility index (Phi) is 6.67. The van der Waals surface area contributed by atoms with Crippen LogP contribution in [0.1, 0.15) is 30.9 Å². The normalized spacial score (nSPS) is 10.5. The highest BCUT2D eigenvalue weighted by molar-refractivity contribution is 5.80. The molecule has 0 saturated heterocycles. The lowest BCUT2D eigenvalue weighted by Gasteiger charge is -2.11. The number of rotatable bonds is 8. The van der Waals surface area contributed by atoms with Crippen LogP contribution in [0.2, 0.25) is 0 Å². The van der Waals surface area contributed by atoms with Gasteiger partial charge < -0.3 is 15.4 Å². The van der Waals surface area contributed by atoms with Crippen molar-refractivity contribution < 1.29 is 9.53 Å². The van der Waals surface area contributed by atoms with Crippen molar-refractivity contribution in [1.29, 1.82) is 0 Å². The molecule has 0 aliphatic heterocycles. The zero-order chi connectivity index (χ0) is 17.4. The lowest BCUT2D eigenvalue weighted by Crippen LogP contribution is -2.31. The van der Waals surface area contributed by atoms with Gasteiger partial charge in [0.15, 0.2) is 0 Å². The highest BCUT2D eigenvalue weighted by Gasteiger charge is 2.04. The van der Waals surface area contributed by atoms with E-state index in [1.807, 2.05) is 36.4 Å². The van der Waals surface area contributed by atoms with E-state index < -0.39 is 0 Å². The fraction of sp³-hybridized carbons (Fsp3) is 0.350. The summed E-state index contributed by atoms with van der Waals surface area (Å²) in [6.07, 6.45) is 0.749. The molecule has 0 spiro atoms. The minimum atomic E-state index is -0.0159. The quantitative estimate of drug-likeness (QED) is 0.779. The predicted octanol–water partition coefficient (Wildman–Crippen LogP) is 3.59. The molecule has 0 unspecified atom stereocenters. The summed E-state index contributed by atoms with van der Waals surface area (Å²) in [6.45, 7) is 5.19. The first-order chi connectivity index (χ1) is 11.6. The Bertz CT molecular complexity index is 651. The zero-order valence-corrected chi connectivity index (χ0v) is 14.6. The molecule has 2 N–H and O–H groups in total. The highest BCUT2D eigenvalue weighted by Crippen LogP contribution is 2.18. The maximum atomic E-state index is 11.9. The summed E-state index contributed by atoms with van der Waals surface area (Å²) in [5, 5.41) is 6.07. The van der Waals surface area contributed by atoms with E-state index in [1.54, 1.807) is 7.11 Å². The van der Waals surface area contributed by atoms with Gasteiger partial charge in [0, 0.05) is 12.2 Å². The predicted molar refractivity (Wildman–Crippen MR) is 98.7 cm³/mol. The molecule has 2 aromatic rings. The highest BCUT2D eigenvalue weighted by atomic mass is 16.5. The summed E-state index contributed by atoms with van der Waals surface area (Å²) >= 11 is 0. The minimum Gasteiger partial charge on any atom is -0.496 e. The Labute approximate surface area is 144 Å². The van der Waals surface area contributed by atoms with Crippen molar-refractivity contribution in [2.75, 3.05) is 25.5 Å². The van der Waals surface area contributed by atoms with Crippen molar-refractivity contribution >= 4 is 11.6 Å². The molecule has 24 heavy (non-hydrogen) atoms. The van der Waals surface area contributed by atoms with Gasteiger partial charge in [0.1, 0.15) is 5.75 Å². The zero-order valence-electron chi connectivity index (χ0n) is 14.6. The van der Waals surface area contributed by atoms with Crippen LogP contribution in [0.15, 0.2) is 48.5 Å². The molecule has 4 heteroatoms. The average Bonchev–Trinajstić information content (AvgIpc) is 2.60. The van der Waals surface area contributed by atoms with Crippen LogP contribution in [0, 0.1) is 0 Å². The van der Waals surface area contributed by atoms with Gasteiger partial charge >= 0.3 is 0 Å². The molecule has 0 radical (unpaired) electrons. The fourth-order valence-corrected chi connectivity index (χ4v) is 2.48. The molecule has 2 rings (SSSR count). The minimum absolute atomic E-state index is 0.0159. The molecule has 0 aliphatic carbocycles. The van der Waals surface area contributed by atoms with E-state index >= 15 is 0 Å². The summed E-state index contributed by atoms with van der Waals surface area (Å²) < 4.78 is 5.31. The van der Waals surface area contributed by atoms with Crippen molar-refractivity contribution in [3.8, 4) is 5.75 Å². The van der Waals surface area contributed by atoms with Crippen molar-refractivity contribution in [3.05, 3.63) is 59.7 Å². The number of amides is 1. The van der Waals surface area contributed by atoms with Gasteiger partial charge in [0.05, 0.1) is 13.7 Å². The number of carbonyl (C=O) groups is 1. The standard InChI is InChI=1S/C20H26N2O2/c1-15(2)16-8-10-18(11-9-16)22-14-20(23)21-13-12-17-6-4-5-7-19(17)24-3/h4-11,15,22H,12-14H2,1-3H3,(H,21,23). The van der Waals surface area contributed by atoms with Gasteiger partial charge in [0.2, 0.25) is 5.91 Å². The number of benzene rings is 2. The molecule has 0 aromatic heterocycles. The summed E-state index contributed by atoms with van der Waals surface area (Å²) in [5.41, 5.74) is 3.35. The van der Waals surface area contributed by atoms with Gasteiger partial charge in [-0.15, -0.1) is 0 Å². The third-order valence-corrected chi connectivity index (χ3v) is 3.94. The first kappa shape index (κ1) is 17.9. The number of hydrogen-bond donors (Lipinski definition) is 2. The molecule has 0 atom stereocenters. The smallest absolute Gasteiger partial charge is 0.239 e. The van der Waals surface area contributed by atoms with Gasteiger partial charge in [-0.2, -0.15) is 0 Å². The first-order valence-electron chi connectivity index (χ1n) is 8.32. The number of para-hydroxylation sites is 1. The summed E-state index contributed by atoms with van der Waals surface area (Å²) in [5.74, 6) is 1.35. The van der Waals surface area contributed by atoms with Gasteiger partial charge in [-0.1, -0.05) is 44.2 Å². The largest absolute Gasteiger partial charge is 0.496 e. The monoisotopic (exact) mass is 326 g/mol. The lowest BCUT2D eigenvalue weighted by atomic mass is 10.0. The number of anilines is 1. The van der Waals surface area contributed by atoms with Gasteiger partial charge in [-0.3, -0.25) is 4.79 Å². The Morgan fingerprint density at radius 2 is 1.79 bits per heavy atom. The molecule has 0 fully saturated rings. The molecule has 0 aliphatic rings. The Balaban J connectivity index is 1.73. The number of methoxy groups -OCH3 is 1. The van der Waals surface area contributed by atoms with Crippen LogP contribution in [-0.2, 0) is 11.2 Å². The van der Waals surface area contributed by atoms with E-state index in [1.165, 1.54) is 5.56 Å². The van der Waals surface area contributed by atoms with Crippen molar-refractivity contribution in [1.82, 2.24) is 5.32 Å². The topological polar surface area (TPSA) is 50.4 Å². The second kappa shape index (κ2) is 8.96. The molecule has 128 valence electrons. The Morgan fingerprint density at radius 3 is 2.46 bits per heavy atom. The number of hydrogen-bond acceptors (Lipinski definition) is 3. The van der Waals surface area contributed by atoms with Crippen LogP contribution in [0.3, 0.4) is 0 Å². The van der Waals surface area contributed by atoms with Crippen LogP contribution in [0.5, 0.6) is 5.75 Å². The van der Waals surface area contributed by atoms with E-state index in [9.17, 15) is 4.79 Å². The summed E-state index contributed by atoms with van der Waals surface area (Å²) in [4.78, 5) is 11.9. The Hall–Kier alpha value is -2.49. The number of carbonyl (C=O) groups excluding carboxylic acids is 1. The van der Waals surface area contributed by atoms with Crippen LogP contribution < -0.4 is 15.4 Å². The van der Waals surface area contributed by atoms with E-state index in [0.717, 1.165) is 23.4 Å². The van der Waals surface area contributed by atoms with Crippen LogP contribution in [0.25, 0.3) is 0 Å². The van der Waals surface area contributed by atoms with Crippen molar-refractivity contribution in [2.24, 2.45) is 0 Å². The molecule has 0 heterocycles. The van der Waals surface area contributed by atoms with Gasteiger partial charge in [-0.05, 0) is 41.7 Å². The lowest BCUT2D eigenvalue weighted by molar-refractivity contribution is -0.119. The second-order valence-electron chi connectivity index (χ2n) is 6.04. The van der Waals surface area contributed by atoms with Crippen molar-refractivity contribution in [2.45, 2.75) is 26.2 Å². The van der Waals surface area contributed by atoms with Crippen LogP contribution in [-0.4, -0.2) is 26.1 Å². The van der Waals surface area contributed by atoms with Crippen LogP contribution >= 0.6 is 0 Å². The van der Waals surface area contributed by atoms with E-state index in [2.05, 4.69) is 36.6 Å². The molecule has 1 amide bonds. The summed E-state index contributed by atoms with van der Waals surface area (Å²) in [6, 6.07) is 16.1. The van der Waals surface area contributed by atoms with Gasteiger partial charge in [0.25, 0.3) is 0 Å². The molecular weight excluding hydrogens is 300 g/mol. The third-order valence-electron chi connectivity index (χ3n) is 3.94. The summed E-state index contributed by atoms with van der Waals surface area (Å²) in [7, 11) is 1.66. The fourth-order valence-electron chi connectivity index (χ4n) is 2.48. The number of nitrogens with one attached hydrogen (secondary N) is 2. The second-order valence-corrected chi connectivity index (χ2v) is 6.04. The molecule has 0 saturated carbocycles. The first-order valence-corrected chi connectivity index (χ1v) is 8.32. The van der Waals surface area contributed by atoms with Crippen molar-refractivity contribution in [3.63, 3.8) is 0 Å². The van der Waals surface area contributed by atoms with Gasteiger partial charge in [-0.25, -0.2) is 0 Å². The van der Waals surface area contributed by atoms with Crippen LogP contribution in [0.4, 0.5) is 5.69 Å². The van der Waals surface area contributed by atoms with E-state index in [-0.39, 0.29) is 12.5 Å². The average molecular weight is 326 g/mol.